The van der Waals surface area contributed by atoms with Crippen LogP contribution in [0, 0.1) is 20.8 Å². The highest BCUT2D eigenvalue weighted by atomic mass is 32.1. The van der Waals surface area contributed by atoms with Crippen LogP contribution in [-0.2, 0) is 0 Å². The van der Waals surface area contributed by atoms with Crippen molar-refractivity contribution in [3.63, 3.8) is 0 Å². The Morgan fingerprint density at radius 1 is 1.20 bits per heavy atom. The largest absolute Gasteiger partial charge is 0.451 e. The number of aryl methyl sites for hydroxylation is 3. The van der Waals surface area contributed by atoms with E-state index in [-0.39, 0.29) is 17.5 Å². The SMILES string of the molecule is Cc1cc(C)c2c(C)c(C(=O)Nc3nonc3-c3cccs3)oc2c1. The van der Waals surface area contributed by atoms with Gasteiger partial charge >= 0.3 is 0 Å². The monoisotopic (exact) mass is 353 g/mol. The summed E-state index contributed by atoms with van der Waals surface area (Å²) in [6.07, 6.45) is 0. The molecule has 1 amide bonds. The Labute approximate surface area is 147 Å². The molecule has 4 aromatic rings. The molecule has 1 aromatic carbocycles. The number of anilines is 1. The van der Waals surface area contributed by atoms with Gasteiger partial charge in [0.15, 0.2) is 11.5 Å². The molecule has 7 heteroatoms. The maximum Gasteiger partial charge on any atom is 0.292 e. The van der Waals surface area contributed by atoms with Gasteiger partial charge in [0.25, 0.3) is 5.91 Å². The minimum atomic E-state index is -0.376. The molecule has 0 radical (unpaired) electrons. The number of rotatable bonds is 3. The molecular formula is C18H15N3O3S. The summed E-state index contributed by atoms with van der Waals surface area (Å²) in [5.74, 6) is 0.170. The van der Waals surface area contributed by atoms with Crippen molar-refractivity contribution in [2.45, 2.75) is 20.8 Å². The molecule has 0 fully saturated rings. The third-order valence-electron chi connectivity index (χ3n) is 4.05. The van der Waals surface area contributed by atoms with Gasteiger partial charge in [-0.05, 0) is 59.7 Å². The second-order valence-corrected chi connectivity index (χ2v) is 6.85. The molecule has 0 aliphatic rings. The van der Waals surface area contributed by atoms with Gasteiger partial charge in [-0.25, -0.2) is 4.63 Å². The van der Waals surface area contributed by atoms with Gasteiger partial charge in [-0.3, -0.25) is 10.1 Å². The highest BCUT2D eigenvalue weighted by molar-refractivity contribution is 7.13. The van der Waals surface area contributed by atoms with Crippen LogP contribution in [0.1, 0.15) is 27.2 Å². The van der Waals surface area contributed by atoms with Gasteiger partial charge in [0.2, 0.25) is 5.82 Å². The second-order valence-electron chi connectivity index (χ2n) is 5.90. The summed E-state index contributed by atoms with van der Waals surface area (Å²) in [6.45, 7) is 5.89. The lowest BCUT2D eigenvalue weighted by Gasteiger charge is -2.01. The van der Waals surface area contributed by atoms with E-state index in [0.717, 1.165) is 27.0 Å². The van der Waals surface area contributed by atoms with Gasteiger partial charge in [0, 0.05) is 10.9 Å². The quantitative estimate of drug-likeness (QED) is 0.576. The van der Waals surface area contributed by atoms with Crippen LogP contribution >= 0.6 is 11.3 Å². The van der Waals surface area contributed by atoms with E-state index in [1.807, 2.05) is 44.4 Å². The van der Waals surface area contributed by atoms with E-state index in [1.54, 1.807) is 0 Å². The molecule has 3 aromatic heterocycles. The summed E-state index contributed by atoms with van der Waals surface area (Å²) in [5.41, 5.74) is 4.18. The maximum atomic E-state index is 12.7. The molecule has 6 nitrogen and oxygen atoms in total. The number of nitrogens with zero attached hydrogens (tertiary/aromatic N) is 2. The fourth-order valence-electron chi connectivity index (χ4n) is 3.02. The Hall–Kier alpha value is -2.93. The molecule has 25 heavy (non-hydrogen) atoms. The third-order valence-corrected chi connectivity index (χ3v) is 4.93. The lowest BCUT2D eigenvalue weighted by Crippen LogP contribution is -2.13. The van der Waals surface area contributed by atoms with Crippen LogP contribution in [0.3, 0.4) is 0 Å². The number of fused-ring (bicyclic) bond motifs is 1. The summed E-state index contributed by atoms with van der Waals surface area (Å²) in [5, 5.41) is 13.3. The Morgan fingerprint density at radius 2 is 2.04 bits per heavy atom. The molecule has 3 heterocycles. The van der Waals surface area contributed by atoms with E-state index in [9.17, 15) is 4.79 Å². The number of carbonyl (C=O) groups excluding carboxylic acids is 1. The van der Waals surface area contributed by atoms with Gasteiger partial charge < -0.3 is 4.42 Å². The maximum absolute atomic E-state index is 12.7. The predicted molar refractivity (Wildman–Crippen MR) is 96.0 cm³/mol. The van der Waals surface area contributed by atoms with Crippen LogP contribution in [0.15, 0.2) is 38.7 Å². The number of benzene rings is 1. The first kappa shape index (κ1) is 15.6. The number of hydrogen-bond acceptors (Lipinski definition) is 6. The molecule has 0 bridgehead atoms. The average molecular weight is 353 g/mol. The predicted octanol–water partition coefficient (Wildman–Crippen LogP) is 4.72. The summed E-state index contributed by atoms with van der Waals surface area (Å²) in [4.78, 5) is 13.6. The van der Waals surface area contributed by atoms with Crippen LogP contribution < -0.4 is 5.32 Å². The smallest absolute Gasteiger partial charge is 0.292 e. The van der Waals surface area contributed by atoms with E-state index in [0.29, 0.717) is 11.3 Å². The zero-order valence-corrected chi connectivity index (χ0v) is 14.7. The summed E-state index contributed by atoms with van der Waals surface area (Å²) in [7, 11) is 0. The van der Waals surface area contributed by atoms with Crippen LogP contribution in [0.2, 0.25) is 0 Å². The normalized spacial score (nSPS) is 11.2. The van der Waals surface area contributed by atoms with Gasteiger partial charge in [-0.15, -0.1) is 11.3 Å². The van der Waals surface area contributed by atoms with Crippen molar-refractivity contribution < 1.29 is 13.8 Å². The van der Waals surface area contributed by atoms with Crippen molar-refractivity contribution in [1.29, 1.82) is 0 Å². The lowest BCUT2D eigenvalue weighted by molar-refractivity contribution is 0.0997. The van der Waals surface area contributed by atoms with E-state index in [1.165, 1.54) is 11.3 Å². The topological polar surface area (TPSA) is 81.2 Å². The first-order valence-electron chi connectivity index (χ1n) is 7.72. The second kappa shape index (κ2) is 5.86. The Bertz CT molecular complexity index is 1080. The highest BCUT2D eigenvalue weighted by Crippen LogP contribution is 2.31. The van der Waals surface area contributed by atoms with Gasteiger partial charge in [-0.1, -0.05) is 12.1 Å². The number of thiophene rings is 1. The number of nitrogens with one attached hydrogen (secondary N) is 1. The van der Waals surface area contributed by atoms with Gasteiger partial charge in [0.1, 0.15) is 5.58 Å². The molecule has 126 valence electrons. The van der Waals surface area contributed by atoms with Crippen molar-refractivity contribution >= 4 is 34.0 Å². The van der Waals surface area contributed by atoms with E-state index in [4.69, 9.17) is 9.05 Å². The van der Waals surface area contributed by atoms with Gasteiger partial charge in [-0.2, -0.15) is 0 Å². The highest BCUT2D eigenvalue weighted by Gasteiger charge is 2.22. The van der Waals surface area contributed by atoms with Crippen molar-refractivity contribution in [3.8, 4) is 10.6 Å². The minimum Gasteiger partial charge on any atom is -0.451 e. The molecule has 0 aliphatic heterocycles. The average Bonchev–Trinajstić information content (AvgIpc) is 3.26. The van der Waals surface area contributed by atoms with E-state index in [2.05, 4.69) is 21.7 Å². The third kappa shape index (κ3) is 2.62. The van der Waals surface area contributed by atoms with Crippen LogP contribution in [-0.4, -0.2) is 16.2 Å². The first-order valence-corrected chi connectivity index (χ1v) is 8.60. The first-order chi connectivity index (χ1) is 12.0. The fourth-order valence-corrected chi connectivity index (χ4v) is 3.72. The summed E-state index contributed by atoms with van der Waals surface area (Å²) in [6, 6.07) is 7.79. The Kier molecular flexibility index (Phi) is 3.65. The number of carbonyl (C=O) groups is 1. The molecule has 0 saturated heterocycles. The van der Waals surface area contributed by atoms with Crippen LogP contribution in [0.5, 0.6) is 0 Å². The molecule has 1 N–H and O–H groups in total. The van der Waals surface area contributed by atoms with Crippen molar-refractivity contribution in [1.82, 2.24) is 10.3 Å². The minimum absolute atomic E-state index is 0.267. The molecule has 4 rings (SSSR count). The summed E-state index contributed by atoms with van der Waals surface area (Å²) >= 11 is 1.49. The zero-order valence-electron chi connectivity index (χ0n) is 13.9. The standard InChI is InChI=1S/C18H15N3O3S/c1-9-7-10(2)14-11(3)16(23-12(14)8-9)18(22)19-17-15(20-24-21-17)13-5-4-6-25-13/h4-8H,1-3H3,(H,19,21,22). The lowest BCUT2D eigenvalue weighted by atomic mass is 10.0. The van der Waals surface area contributed by atoms with E-state index >= 15 is 0 Å². The van der Waals surface area contributed by atoms with Crippen molar-refractivity contribution in [3.05, 3.63) is 52.1 Å². The van der Waals surface area contributed by atoms with Crippen molar-refractivity contribution in [2.75, 3.05) is 5.32 Å². The number of furan rings is 1. The Balaban J connectivity index is 1.71. The summed E-state index contributed by atoms with van der Waals surface area (Å²) < 4.78 is 10.6. The molecular weight excluding hydrogens is 338 g/mol. The van der Waals surface area contributed by atoms with Crippen LogP contribution in [0.25, 0.3) is 21.5 Å². The Morgan fingerprint density at radius 3 is 2.80 bits per heavy atom. The fraction of sp³-hybridized carbons (Fsp3) is 0.167. The molecule has 0 unspecified atom stereocenters. The van der Waals surface area contributed by atoms with Crippen LogP contribution in [0.4, 0.5) is 5.82 Å². The molecule has 0 spiro atoms. The zero-order chi connectivity index (χ0) is 17.6. The number of hydrogen-bond donors (Lipinski definition) is 1. The van der Waals surface area contributed by atoms with Crippen molar-refractivity contribution in [2.24, 2.45) is 0 Å². The van der Waals surface area contributed by atoms with Gasteiger partial charge in [0.05, 0.1) is 4.88 Å². The molecule has 0 atom stereocenters. The van der Waals surface area contributed by atoms with E-state index < -0.39 is 0 Å². The molecule has 0 saturated carbocycles. The number of aromatic nitrogens is 2. The molecule has 0 aliphatic carbocycles. The number of amides is 1.